The molecule has 3 aromatic rings. The van der Waals surface area contributed by atoms with Gasteiger partial charge in [0.15, 0.2) is 0 Å². The van der Waals surface area contributed by atoms with E-state index >= 15 is 0 Å². The number of nitrogens with zero attached hydrogens (tertiary/aromatic N) is 3. The van der Waals surface area contributed by atoms with Crippen molar-refractivity contribution < 1.29 is 4.79 Å². The van der Waals surface area contributed by atoms with Crippen molar-refractivity contribution >= 4 is 22.6 Å². The minimum atomic E-state index is 0.145. The second-order valence-corrected chi connectivity index (χ2v) is 6.85. The molecule has 1 atom stereocenters. The first-order valence-electron chi connectivity index (χ1n) is 8.99. The van der Waals surface area contributed by atoms with Gasteiger partial charge < -0.3 is 9.47 Å². The Labute approximate surface area is 148 Å². The normalized spacial score (nSPS) is 17.6. The third kappa shape index (κ3) is 2.82. The predicted molar refractivity (Wildman–Crippen MR) is 101 cm³/mol. The number of rotatable bonds is 4. The fraction of sp³-hybridized carbons (Fsp3) is 0.333. The van der Waals surface area contributed by atoms with Crippen molar-refractivity contribution in [3.8, 4) is 0 Å². The van der Waals surface area contributed by atoms with E-state index in [0.717, 1.165) is 30.0 Å². The zero-order valence-corrected chi connectivity index (χ0v) is 14.8. The highest BCUT2D eigenvalue weighted by Crippen LogP contribution is 2.33. The van der Waals surface area contributed by atoms with E-state index in [4.69, 9.17) is 4.98 Å². The van der Waals surface area contributed by atoms with Crippen LogP contribution >= 0.6 is 0 Å². The molecule has 0 unspecified atom stereocenters. The molecule has 4 heteroatoms. The molecule has 2 heterocycles. The van der Waals surface area contributed by atoms with E-state index in [2.05, 4.69) is 48.7 Å². The van der Waals surface area contributed by atoms with Gasteiger partial charge in [-0.15, -0.1) is 0 Å². The number of hydrogen-bond acceptors (Lipinski definition) is 2. The molecule has 25 heavy (non-hydrogen) atoms. The van der Waals surface area contributed by atoms with Gasteiger partial charge in [0.05, 0.1) is 11.0 Å². The van der Waals surface area contributed by atoms with Crippen LogP contribution in [0.25, 0.3) is 11.0 Å². The first kappa shape index (κ1) is 15.9. The number of hydrogen-bond donors (Lipinski definition) is 0. The molecule has 1 aromatic heterocycles. The number of benzene rings is 2. The third-order valence-electron chi connectivity index (χ3n) is 4.93. The molecule has 0 N–H and O–H groups in total. The molecule has 1 saturated heterocycles. The van der Waals surface area contributed by atoms with Gasteiger partial charge in [0.1, 0.15) is 5.82 Å². The molecule has 1 fully saturated rings. The van der Waals surface area contributed by atoms with Crippen LogP contribution < -0.4 is 4.90 Å². The minimum Gasteiger partial charge on any atom is -0.328 e. The summed E-state index contributed by atoms with van der Waals surface area (Å²) in [6.07, 6.45) is 1.58. The Balaban J connectivity index is 1.70. The topological polar surface area (TPSA) is 38.1 Å². The molecule has 0 saturated carbocycles. The van der Waals surface area contributed by atoms with E-state index in [1.165, 1.54) is 11.1 Å². The molecule has 0 radical (unpaired) electrons. The highest BCUT2D eigenvalue weighted by atomic mass is 16.2. The number of amides is 1. The molecule has 1 aliphatic rings. The fourth-order valence-electron chi connectivity index (χ4n) is 3.79. The van der Waals surface area contributed by atoms with E-state index in [1.807, 2.05) is 23.1 Å². The number of fused-ring (bicyclic) bond motifs is 1. The summed E-state index contributed by atoms with van der Waals surface area (Å²) >= 11 is 0. The Morgan fingerprint density at radius 2 is 2.00 bits per heavy atom. The summed E-state index contributed by atoms with van der Waals surface area (Å²) in [4.78, 5) is 19.4. The molecule has 0 aliphatic carbocycles. The van der Waals surface area contributed by atoms with E-state index in [0.29, 0.717) is 13.0 Å². The molecule has 4 nitrogen and oxygen atoms in total. The maximum Gasteiger partial charge on any atom is 0.227 e. The standard InChI is InChI=1S/C21H23N3O/c1-3-11-23-19-10-5-4-9-18(19)22-21(23)16-13-20(25)24(14-16)17-8-6-7-15(2)12-17/h4-10,12,16H,3,11,13-14H2,1-2H3/t16-/m1/s1. The van der Waals surface area contributed by atoms with Crippen molar-refractivity contribution in [1.29, 1.82) is 0 Å². The number of imidazole rings is 1. The van der Waals surface area contributed by atoms with Crippen molar-refractivity contribution in [2.24, 2.45) is 0 Å². The van der Waals surface area contributed by atoms with Gasteiger partial charge >= 0.3 is 0 Å². The Morgan fingerprint density at radius 1 is 1.16 bits per heavy atom. The van der Waals surface area contributed by atoms with Gasteiger partial charge in [-0.2, -0.15) is 0 Å². The number of aryl methyl sites for hydroxylation is 2. The van der Waals surface area contributed by atoms with Crippen LogP contribution in [0.4, 0.5) is 5.69 Å². The maximum atomic E-state index is 12.6. The van der Waals surface area contributed by atoms with Gasteiger partial charge in [-0.3, -0.25) is 4.79 Å². The molecular formula is C21H23N3O. The van der Waals surface area contributed by atoms with Crippen LogP contribution in [0, 0.1) is 6.92 Å². The van der Waals surface area contributed by atoms with Crippen molar-refractivity contribution in [3.63, 3.8) is 0 Å². The maximum absolute atomic E-state index is 12.6. The number of carbonyl (C=O) groups excluding carboxylic acids is 1. The Bertz CT molecular complexity index is 928. The van der Waals surface area contributed by atoms with Crippen LogP contribution in [0.2, 0.25) is 0 Å². The zero-order valence-electron chi connectivity index (χ0n) is 14.8. The molecule has 1 aliphatic heterocycles. The Morgan fingerprint density at radius 3 is 2.80 bits per heavy atom. The van der Waals surface area contributed by atoms with Crippen molar-refractivity contribution in [1.82, 2.24) is 9.55 Å². The van der Waals surface area contributed by atoms with E-state index in [9.17, 15) is 4.79 Å². The van der Waals surface area contributed by atoms with Gasteiger partial charge in [-0.1, -0.05) is 31.2 Å². The minimum absolute atomic E-state index is 0.145. The summed E-state index contributed by atoms with van der Waals surface area (Å²) < 4.78 is 2.30. The van der Waals surface area contributed by atoms with Gasteiger partial charge in [0.2, 0.25) is 5.91 Å². The molecule has 128 valence electrons. The zero-order chi connectivity index (χ0) is 17.4. The number of aromatic nitrogens is 2. The smallest absolute Gasteiger partial charge is 0.227 e. The summed E-state index contributed by atoms with van der Waals surface area (Å²) in [7, 11) is 0. The lowest BCUT2D eigenvalue weighted by atomic mass is 10.1. The van der Waals surface area contributed by atoms with Crippen molar-refractivity contribution in [3.05, 3.63) is 59.9 Å². The molecule has 0 spiro atoms. The molecule has 2 aromatic carbocycles. The highest BCUT2D eigenvalue weighted by Gasteiger charge is 2.34. The van der Waals surface area contributed by atoms with Crippen LogP contribution in [0.1, 0.15) is 37.1 Å². The summed E-state index contributed by atoms with van der Waals surface area (Å²) in [5, 5.41) is 0. The fourth-order valence-corrected chi connectivity index (χ4v) is 3.79. The summed E-state index contributed by atoms with van der Waals surface area (Å²) in [6, 6.07) is 16.4. The molecular weight excluding hydrogens is 310 g/mol. The second-order valence-electron chi connectivity index (χ2n) is 6.85. The van der Waals surface area contributed by atoms with Crippen molar-refractivity contribution in [2.75, 3.05) is 11.4 Å². The lowest BCUT2D eigenvalue weighted by molar-refractivity contribution is -0.117. The summed E-state index contributed by atoms with van der Waals surface area (Å²) in [6.45, 7) is 5.87. The van der Waals surface area contributed by atoms with Crippen LogP contribution in [0.15, 0.2) is 48.5 Å². The average Bonchev–Trinajstić information content (AvgIpc) is 3.16. The highest BCUT2D eigenvalue weighted by molar-refractivity contribution is 5.96. The number of anilines is 1. The molecule has 4 rings (SSSR count). The SMILES string of the molecule is CCCn1c([C@@H]2CC(=O)N(c3cccc(C)c3)C2)nc2ccccc21. The van der Waals surface area contributed by atoms with Crippen molar-refractivity contribution in [2.45, 2.75) is 39.2 Å². The monoisotopic (exact) mass is 333 g/mol. The molecule has 0 bridgehead atoms. The summed E-state index contributed by atoms with van der Waals surface area (Å²) in [5.74, 6) is 1.38. The average molecular weight is 333 g/mol. The van der Waals surface area contributed by atoms with E-state index < -0.39 is 0 Å². The van der Waals surface area contributed by atoms with E-state index in [1.54, 1.807) is 0 Å². The summed E-state index contributed by atoms with van der Waals surface area (Å²) in [5.41, 5.74) is 4.35. The van der Waals surface area contributed by atoms with Gasteiger partial charge in [0, 0.05) is 31.1 Å². The van der Waals surface area contributed by atoms with E-state index in [-0.39, 0.29) is 11.8 Å². The molecule has 1 amide bonds. The van der Waals surface area contributed by atoms with Gasteiger partial charge in [-0.25, -0.2) is 4.98 Å². The van der Waals surface area contributed by atoms with Crippen LogP contribution in [0.5, 0.6) is 0 Å². The first-order valence-corrected chi connectivity index (χ1v) is 8.99. The Kier molecular flexibility index (Phi) is 4.04. The lowest BCUT2D eigenvalue weighted by Gasteiger charge is -2.18. The third-order valence-corrected chi connectivity index (χ3v) is 4.93. The largest absolute Gasteiger partial charge is 0.328 e. The predicted octanol–water partition coefficient (Wildman–Crippen LogP) is 4.28. The Hall–Kier alpha value is -2.62. The number of carbonyl (C=O) groups is 1. The van der Waals surface area contributed by atoms with Crippen LogP contribution in [-0.2, 0) is 11.3 Å². The quantitative estimate of drug-likeness (QED) is 0.715. The van der Waals surface area contributed by atoms with Gasteiger partial charge in [-0.05, 0) is 43.2 Å². The lowest BCUT2D eigenvalue weighted by Crippen LogP contribution is -2.24. The van der Waals surface area contributed by atoms with Crippen LogP contribution in [-0.4, -0.2) is 22.0 Å². The second kappa shape index (κ2) is 6.36. The van der Waals surface area contributed by atoms with Crippen LogP contribution in [0.3, 0.4) is 0 Å². The number of para-hydroxylation sites is 2. The first-order chi connectivity index (χ1) is 12.2. The van der Waals surface area contributed by atoms with Gasteiger partial charge in [0.25, 0.3) is 0 Å².